The zero-order chi connectivity index (χ0) is 23.5. The number of para-hydroxylation sites is 1. The van der Waals surface area contributed by atoms with Gasteiger partial charge in [0.05, 0.1) is 18.7 Å². The fourth-order valence-electron chi connectivity index (χ4n) is 4.31. The van der Waals surface area contributed by atoms with Gasteiger partial charge in [0.25, 0.3) is 0 Å². The Hall–Kier alpha value is -4.45. The fraction of sp³-hybridized carbons (Fsp3) is 0.240. The lowest BCUT2D eigenvalue weighted by Gasteiger charge is -2.37. The number of nitriles is 1. The minimum absolute atomic E-state index is 0.0400. The van der Waals surface area contributed by atoms with Crippen LogP contribution in [0, 0.1) is 11.3 Å². The zero-order valence-electron chi connectivity index (χ0n) is 18.8. The Balaban J connectivity index is 1.28. The molecule has 0 spiro atoms. The summed E-state index contributed by atoms with van der Waals surface area (Å²) in [6.45, 7) is 2.90. The quantitative estimate of drug-likeness (QED) is 0.458. The predicted molar refractivity (Wildman–Crippen MR) is 127 cm³/mol. The molecule has 170 valence electrons. The maximum Gasteiger partial charge on any atom is 0.316 e. The van der Waals surface area contributed by atoms with Crippen molar-refractivity contribution >= 4 is 22.6 Å². The SMILES string of the molecule is COc1ncc(-c2ccccc2N2CCN(C(=O)Cn3ccc4c(C#N)ccnc43)CC2)cn1. The van der Waals surface area contributed by atoms with E-state index in [2.05, 4.69) is 38.1 Å². The average Bonchev–Trinajstić information content (AvgIpc) is 3.31. The van der Waals surface area contributed by atoms with Crippen LogP contribution in [0.4, 0.5) is 5.69 Å². The molecule has 4 heterocycles. The Labute approximate surface area is 196 Å². The van der Waals surface area contributed by atoms with Crippen LogP contribution in [0.25, 0.3) is 22.2 Å². The van der Waals surface area contributed by atoms with Gasteiger partial charge >= 0.3 is 6.01 Å². The van der Waals surface area contributed by atoms with Gasteiger partial charge in [-0.25, -0.2) is 15.0 Å². The van der Waals surface area contributed by atoms with Crippen molar-refractivity contribution < 1.29 is 9.53 Å². The topological polar surface area (TPSA) is 100 Å². The van der Waals surface area contributed by atoms with E-state index in [9.17, 15) is 10.1 Å². The predicted octanol–water partition coefficient (Wildman–Crippen LogP) is 2.72. The van der Waals surface area contributed by atoms with E-state index in [4.69, 9.17) is 4.74 Å². The molecule has 1 fully saturated rings. The number of benzene rings is 1. The Morgan fingerprint density at radius 1 is 1.06 bits per heavy atom. The second kappa shape index (κ2) is 9.19. The number of methoxy groups -OCH3 is 1. The monoisotopic (exact) mass is 453 g/mol. The highest BCUT2D eigenvalue weighted by Gasteiger charge is 2.23. The molecule has 0 aliphatic carbocycles. The van der Waals surface area contributed by atoms with E-state index in [1.807, 2.05) is 33.9 Å². The van der Waals surface area contributed by atoms with E-state index >= 15 is 0 Å². The van der Waals surface area contributed by atoms with Gasteiger partial charge in [-0.2, -0.15) is 5.26 Å². The van der Waals surface area contributed by atoms with Crippen molar-refractivity contribution in [1.29, 1.82) is 5.26 Å². The summed E-state index contributed by atoms with van der Waals surface area (Å²) in [5, 5.41) is 10.1. The maximum absolute atomic E-state index is 13.0. The molecule has 1 aromatic carbocycles. The lowest BCUT2D eigenvalue weighted by molar-refractivity contribution is -0.132. The van der Waals surface area contributed by atoms with E-state index in [1.165, 1.54) is 0 Å². The first-order valence-electron chi connectivity index (χ1n) is 11.0. The Morgan fingerprint density at radius 2 is 1.82 bits per heavy atom. The molecular weight excluding hydrogens is 430 g/mol. The molecule has 3 aromatic heterocycles. The minimum atomic E-state index is 0.0400. The van der Waals surface area contributed by atoms with E-state index < -0.39 is 0 Å². The summed E-state index contributed by atoms with van der Waals surface area (Å²) >= 11 is 0. The lowest BCUT2D eigenvalue weighted by Crippen LogP contribution is -2.49. The number of hydrogen-bond donors (Lipinski definition) is 0. The van der Waals surface area contributed by atoms with Gasteiger partial charge in [-0.3, -0.25) is 4.79 Å². The molecule has 5 rings (SSSR count). The lowest BCUT2D eigenvalue weighted by atomic mass is 10.1. The molecule has 1 saturated heterocycles. The first-order valence-corrected chi connectivity index (χ1v) is 11.0. The molecule has 1 amide bonds. The zero-order valence-corrected chi connectivity index (χ0v) is 18.8. The number of rotatable bonds is 5. The van der Waals surface area contributed by atoms with Gasteiger partial charge in [0.15, 0.2) is 0 Å². The average molecular weight is 454 g/mol. The molecule has 0 N–H and O–H groups in total. The highest BCUT2D eigenvalue weighted by atomic mass is 16.5. The standard InChI is InChI=1S/C25H23N7O2/c1-34-25-28-15-19(16-29-25)20-4-2-3-5-22(20)30-10-12-31(13-11-30)23(33)17-32-9-7-21-18(14-26)6-8-27-24(21)32/h2-9,15-16H,10-13,17H2,1H3. The van der Waals surface area contributed by atoms with Crippen LogP contribution in [0.1, 0.15) is 5.56 Å². The molecule has 0 radical (unpaired) electrons. The number of nitrogens with zero attached hydrogens (tertiary/aromatic N) is 7. The van der Waals surface area contributed by atoms with Gasteiger partial charge in [0.2, 0.25) is 5.91 Å². The molecular formula is C25H23N7O2. The van der Waals surface area contributed by atoms with Crippen LogP contribution < -0.4 is 9.64 Å². The van der Waals surface area contributed by atoms with E-state index in [0.29, 0.717) is 30.3 Å². The summed E-state index contributed by atoms with van der Waals surface area (Å²) < 4.78 is 6.88. The van der Waals surface area contributed by atoms with Crippen LogP contribution in [0.2, 0.25) is 0 Å². The van der Waals surface area contributed by atoms with E-state index in [-0.39, 0.29) is 12.5 Å². The number of anilines is 1. The molecule has 0 saturated carbocycles. The first kappa shape index (κ1) is 21.4. The van der Waals surface area contributed by atoms with Crippen molar-refractivity contribution in [2.45, 2.75) is 6.54 Å². The normalized spacial score (nSPS) is 13.6. The summed E-state index contributed by atoms with van der Waals surface area (Å²) in [4.78, 5) is 30.0. The summed E-state index contributed by atoms with van der Waals surface area (Å²) in [5.74, 6) is 0.0400. The van der Waals surface area contributed by atoms with Crippen molar-refractivity contribution in [2.24, 2.45) is 0 Å². The Bertz CT molecular complexity index is 1370. The first-order chi connectivity index (χ1) is 16.7. The van der Waals surface area contributed by atoms with Gasteiger partial charge in [-0.1, -0.05) is 18.2 Å². The number of carbonyl (C=O) groups is 1. The number of amides is 1. The summed E-state index contributed by atoms with van der Waals surface area (Å²) in [5.41, 5.74) is 4.27. The van der Waals surface area contributed by atoms with Gasteiger partial charge in [0.1, 0.15) is 12.2 Å². The third-order valence-corrected chi connectivity index (χ3v) is 6.09. The van der Waals surface area contributed by atoms with Crippen molar-refractivity contribution in [3.8, 4) is 23.2 Å². The largest absolute Gasteiger partial charge is 0.467 e. The third-order valence-electron chi connectivity index (χ3n) is 6.09. The number of aromatic nitrogens is 4. The van der Waals surface area contributed by atoms with Gasteiger partial charge in [-0.15, -0.1) is 0 Å². The van der Waals surface area contributed by atoms with Crippen molar-refractivity contribution in [3.05, 3.63) is 66.7 Å². The molecule has 0 atom stereocenters. The molecule has 1 aliphatic heterocycles. The molecule has 4 aromatic rings. The highest BCUT2D eigenvalue weighted by Crippen LogP contribution is 2.31. The van der Waals surface area contributed by atoms with Gasteiger partial charge < -0.3 is 19.1 Å². The summed E-state index contributed by atoms with van der Waals surface area (Å²) in [7, 11) is 1.54. The van der Waals surface area contributed by atoms with E-state index in [1.54, 1.807) is 31.8 Å². The molecule has 0 unspecified atom stereocenters. The second-order valence-electron chi connectivity index (χ2n) is 7.99. The minimum Gasteiger partial charge on any atom is -0.467 e. The third kappa shape index (κ3) is 4.01. The number of piperazine rings is 1. The number of ether oxygens (including phenoxy) is 1. The molecule has 34 heavy (non-hydrogen) atoms. The molecule has 0 bridgehead atoms. The number of hydrogen-bond acceptors (Lipinski definition) is 7. The van der Waals surface area contributed by atoms with E-state index in [0.717, 1.165) is 35.3 Å². The Morgan fingerprint density at radius 3 is 2.56 bits per heavy atom. The van der Waals surface area contributed by atoms with Crippen LogP contribution in [0.15, 0.2) is 61.2 Å². The van der Waals surface area contributed by atoms with Crippen LogP contribution in [0.5, 0.6) is 6.01 Å². The van der Waals surface area contributed by atoms with Gasteiger partial charge in [0, 0.05) is 73.2 Å². The maximum atomic E-state index is 13.0. The highest BCUT2D eigenvalue weighted by molar-refractivity contribution is 5.85. The number of carbonyl (C=O) groups excluding carboxylic acids is 1. The fourth-order valence-corrected chi connectivity index (χ4v) is 4.31. The van der Waals surface area contributed by atoms with Crippen molar-refractivity contribution in [1.82, 2.24) is 24.4 Å². The van der Waals surface area contributed by atoms with Gasteiger partial charge in [-0.05, 0) is 18.2 Å². The van der Waals surface area contributed by atoms with Crippen LogP contribution in [-0.2, 0) is 11.3 Å². The molecule has 9 nitrogen and oxygen atoms in total. The van der Waals surface area contributed by atoms with Crippen LogP contribution in [-0.4, -0.2) is 63.6 Å². The van der Waals surface area contributed by atoms with Crippen LogP contribution in [0.3, 0.4) is 0 Å². The van der Waals surface area contributed by atoms with Crippen LogP contribution >= 0.6 is 0 Å². The summed E-state index contributed by atoms with van der Waals surface area (Å²) in [6.07, 6.45) is 6.95. The van der Waals surface area contributed by atoms with Crippen molar-refractivity contribution in [2.75, 3.05) is 38.2 Å². The second-order valence-corrected chi connectivity index (χ2v) is 7.99. The molecule has 9 heteroatoms. The Kier molecular flexibility index (Phi) is 5.79. The molecule has 1 aliphatic rings. The number of fused-ring (bicyclic) bond motifs is 1. The smallest absolute Gasteiger partial charge is 0.316 e. The summed E-state index contributed by atoms with van der Waals surface area (Å²) in [6, 6.07) is 14.2. The van der Waals surface area contributed by atoms with Crippen molar-refractivity contribution in [3.63, 3.8) is 0 Å². The number of pyridine rings is 1.